The molecule has 0 spiro atoms. The average Bonchev–Trinajstić information content (AvgIpc) is 3.25. The van der Waals surface area contributed by atoms with E-state index >= 15 is 0 Å². The summed E-state index contributed by atoms with van der Waals surface area (Å²) in [5.74, 6) is 0.268. The zero-order valence-corrected chi connectivity index (χ0v) is 18.0. The van der Waals surface area contributed by atoms with Gasteiger partial charge in [-0.1, -0.05) is 61.7 Å². The summed E-state index contributed by atoms with van der Waals surface area (Å²) in [5, 5.41) is 10.1. The highest BCUT2D eigenvalue weighted by Gasteiger charge is 2.20. The van der Waals surface area contributed by atoms with Gasteiger partial charge in [-0.3, -0.25) is 14.2 Å². The van der Waals surface area contributed by atoms with Crippen molar-refractivity contribution in [2.75, 3.05) is 6.54 Å². The van der Waals surface area contributed by atoms with Crippen LogP contribution in [0.15, 0.2) is 59.8 Å². The van der Waals surface area contributed by atoms with Crippen molar-refractivity contribution in [3.05, 3.63) is 70.9 Å². The number of fused-ring (bicyclic) bond motifs is 2. The average molecular weight is 430 g/mol. The third-order valence-electron chi connectivity index (χ3n) is 6.44. The molecule has 1 N–H and O–H groups in total. The zero-order chi connectivity index (χ0) is 21.9. The lowest BCUT2D eigenvalue weighted by atomic mass is 9.89. The Labute approximate surface area is 186 Å². The molecule has 0 aliphatic heterocycles. The molecule has 1 aliphatic carbocycles. The van der Waals surface area contributed by atoms with Crippen LogP contribution in [0.3, 0.4) is 0 Å². The van der Waals surface area contributed by atoms with Crippen molar-refractivity contribution in [1.29, 1.82) is 0 Å². The molecule has 0 atom stereocenters. The monoisotopic (exact) mass is 429 g/mol. The van der Waals surface area contributed by atoms with E-state index in [4.69, 9.17) is 0 Å². The van der Waals surface area contributed by atoms with E-state index in [1.54, 1.807) is 21.8 Å². The number of hydrogen-bond acceptors (Lipinski definition) is 4. The molecular formula is C25H27N5O2. The number of benzene rings is 2. The molecule has 0 bridgehead atoms. The van der Waals surface area contributed by atoms with Gasteiger partial charge in [-0.25, -0.2) is 9.67 Å². The first-order chi connectivity index (χ1) is 15.7. The van der Waals surface area contributed by atoms with Gasteiger partial charge in [0.15, 0.2) is 5.65 Å². The summed E-state index contributed by atoms with van der Waals surface area (Å²) in [6, 6.07) is 14.3. The molecule has 1 amide bonds. The van der Waals surface area contributed by atoms with Gasteiger partial charge >= 0.3 is 0 Å². The van der Waals surface area contributed by atoms with Gasteiger partial charge in [0.25, 0.3) is 5.56 Å². The van der Waals surface area contributed by atoms with E-state index in [9.17, 15) is 9.59 Å². The highest BCUT2D eigenvalue weighted by molar-refractivity contribution is 5.85. The normalized spacial score (nSPS) is 14.8. The Morgan fingerprint density at radius 3 is 2.72 bits per heavy atom. The second kappa shape index (κ2) is 8.94. The lowest BCUT2D eigenvalue weighted by molar-refractivity contribution is -0.125. The van der Waals surface area contributed by atoms with Crippen LogP contribution in [0.25, 0.3) is 21.8 Å². The van der Waals surface area contributed by atoms with Gasteiger partial charge in [-0.05, 0) is 29.2 Å². The summed E-state index contributed by atoms with van der Waals surface area (Å²) in [6.45, 7) is 1.42. The quantitative estimate of drug-likeness (QED) is 0.509. The van der Waals surface area contributed by atoms with Gasteiger partial charge in [0.1, 0.15) is 11.7 Å². The highest BCUT2D eigenvalue weighted by Crippen LogP contribution is 2.23. The van der Waals surface area contributed by atoms with Gasteiger partial charge < -0.3 is 5.32 Å². The van der Waals surface area contributed by atoms with E-state index in [2.05, 4.69) is 33.6 Å². The number of nitrogens with one attached hydrogen (secondary N) is 1. The molecule has 4 aromatic rings. The topological polar surface area (TPSA) is 81.8 Å². The van der Waals surface area contributed by atoms with Crippen LogP contribution in [-0.2, 0) is 17.9 Å². The fourth-order valence-corrected chi connectivity index (χ4v) is 4.68. The summed E-state index contributed by atoms with van der Waals surface area (Å²) in [4.78, 5) is 29.9. The van der Waals surface area contributed by atoms with Crippen molar-refractivity contribution in [3.8, 4) is 0 Å². The molecule has 7 nitrogen and oxygen atoms in total. The molecule has 1 saturated carbocycles. The SMILES string of the molecule is O=C(NCCn1ncc2c(=O)n(Cc3cccc4ccccc34)cnc21)C1CCCCC1. The molecule has 2 heterocycles. The van der Waals surface area contributed by atoms with Gasteiger partial charge in [-0.15, -0.1) is 0 Å². The van der Waals surface area contributed by atoms with Crippen molar-refractivity contribution in [2.24, 2.45) is 5.92 Å². The van der Waals surface area contributed by atoms with Crippen molar-refractivity contribution in [1.82, 2.24) is 24.6 Å². The third kappa shape index (κ3) is 4.02. The van der Waals surface area contributed by atoms with Crippen molar-refractivity contribution >= 4 is 27.7 Å². The number of amides is 1. The molecule has 0 saturated heterocycles. The standard InChI is InChI=1S/C25H27N5O2/c31-24(19-8-2-1-3-9-19)26-13-14-30-23-22(15-28-30)25(32)29(17-27-23)16-20-11-6-10-18-7-4-5-12-21(18)20/h4-7,10-12,15,17,19H,1-3,8-9,13-14,16H2,(H,26,31). The number of carbonyl (C=O) groups excluding carboxylic acids is 1. The summed E-state index contributed by atoms with van der Waals surface area (Å²) < 4.78 is 3.32. The Hall–Kier alpha value is -3.48. The highest BCUT2D eigenvalue weighted by atomic mass is 16.2. The minimum atomic E-state index is -0.111. The first-order valence-electron chi connectivity index (χ1n) is 11.4. The molecule has 1 fully saturated rings. The summed E-state index contributed by atoms with van der Waals surface area (Å²) in [7, 11) is 0. The van der Waals surface area contributed by atoms with Gasteiger partial charge in [-0.2, -0.15) is 5.10 Å². The zero-order valence-electron chi connectivity index (χ0n) is 18.0. The maximum atomic E-state index is 13.1. The molecule has 2 aromatic heterocycles. The van der Waals surface area contributed by atoms with E-state index in [1.807, 2.05) is 24.3 Å². The Bertz CT molecular complexity index is 1310. The number of hydrogen-bond donors (Lipinski definition) is 1. The van der Waals surface area contributed by atoms with Crippen LogP contribution in [0.4, 0.5) is 0 Å². The summed E-state index contributed by atoms with van der Waals surface area (Å²) in [6.07, 6.45) is 8.63. The number of aromatic nitrogens is 4. The maximum Gasteiger partial charge on any atom is 0.264 e. The van der Waals surface area contributed by atoms with Crippen LogP contribution in [0.5, 0.6) is 0 Å². The second-order valence-electron chi connectivity index (χ2n) is 8.55. The number of rotatable bonds is 6. The Morgan fingerprint density at radius 1 is 1.03 bits per heavy atom. The first kappa shape index (κ1) is 20.4. The lowest BCUT2D eigenvalue weighted by Gasteiger charge is -2.20. The van der Waals surface area contributed by atoms with Crippen molar-refractivity contribution in [3.63, 3.8) is 0 Å². The van der Waals surface area contributed by atoms with E-state index in [1.165, 1.54) is 6.42 Å². The number of carbonyl (C=O) groups is 1. The van der Waals surface area contributed by atoms with Crippen LogP contribution < -0.4 is 10.9 Å². The third-order valence-corrected chi connectivity index (χ3v) is 6.44. The van der Waals surface area contributed by atoms with E-state index in [-0.39, 0.29) is 17.4 Å². The largest absolute Gasteiger partial charge is 0.354 e. The van der Waals surface area contributed by atoms with Crippen LogP contribution in [0.2, 0.25) is 0 Å². The minimum absolute atomic E-state index is 0.111. The van der Waals surface area contributed by atoms with Crippen molar-refractivity contribution < 1.29 is 4.79 Å². The molecule has 5 rings (SSSR count). The molecule has 1 aliphatic rings. The molecule has 2 aromatic carbocycles. The molecule has 32 heavy (non-hydrogen) atoms. The lowest BCUT2D eigenvalue weighted by Crippen LogP contribution is -2.34. The smallest absolute Gasteiger partial charge is 0.264 e. The predicted octanol–water partition coefficient (Wildman–Crippen LogP) is 3.49. The molecular weight excluding hydrogens is 402 g/mol. The van der Waals surface area contributed by atoms with Crippen molar-refractivity contribution in [2.45, 2.75) is 45.2 Å². The molecule has 7 heteroatoms. The van der Waals surface area contributed by atoms with Crippen LogP contribution >= 0.6 is 0 Å². The van der Waals surface area contributed by atoms with Gasteiger partial charge in [0, 0.05) is 12.5 Å². The maximum absolute atomic E-state index is 13.1. The Kier molecular flexibility index (Phi) is 5.71. The number of nitrogens with zero attached hydrogens (tertiary/aromatic N) is 4. The molecule has 0 radical (unpaired) electrons. The van der Waals surface area contributed by atoms with E-state index in [0.717, 1.165) is 42.0 Å². The first-order valence-corrected chi connectivity index (χ1v) is 11.4. The fourth-order valence-electron chi connectivity index (χ4n) is 4.68. The van der Waals surface area contributed by atoms with Crippen LogP contribution in [0.1, 0.15) is 37.7 Å². The summed E-state index contributed by atoms with van der Waals surface area (Å²) in [5.41, 5.74) is 1.51. The fraction of sp³-hybridized carbons (Fsp3) is 0.360. The molecule has 164 valence electrons. The van der Waals surface area contributed by atoms with Crippen LogP contribution in [-0.4, -0.2) is 31.8 Å². The van der Waals surface area contributed by atoms with Crippen LogP contribution in [0, 0.1) is 5.92 Å². The second-order valence-corrected chi connectivity index (χ2v) is 8.55. The van der Waals surface area contributed by atoms with Gasteiger partial charge in [0.2, 0.25) is 5.91 Å². The van der Waals surface area contributed by atoms with E-state index in [0.29, 0.717) is 30.7 Å². The van der Waals surface area contributed by atoms with E-state index < -0.39 is 0 Å². The van der Waals surface area contributed by atoms with Gasteiger partial charge in [0.05, 0.1) is 19.3 Å². The minimum Gasteiger partial charge on any atom is -0.354 e. The Balaban J connectivity index is 1.31. The molecule has 0 unspecified atom stereocenters. The summed E-state index contributed by atoms with van der Waals surface area (Å²) >= 11 is 0. The Morgan fingerprint density at radius 2 is 1.84 bits per heavy atom. The predicted molar refractivity (Wildman–Crippen MR) is 124 cm³/mol.